The summed E-state index contributed by atoms with van der Waals surface area (Å²) in [4.78, 5) is 0. The van der Waals surface area contributed by atoms with E-state index in [9.17, 15) is 0 Å². The second-order valence-corrected chi connectivity index (χ2v) is 9.54. The molecule has 1 N–H and O–H groups in total. The van der Waals surface area contributed by atoms with Gasteiger partial charge >= 0.3 is 0 Å². The van der Waals surface area contributed by atoms with Crippen molar-refractivity contribution in [1.82, 2.24) is 4.57 Å². The largest absolute Gasteiger partial charge is 0.355 e. The molecule has 6 aromatic carbocycles. The molecule has 2 heteroatoms. The van der Waals surface area contributed by atoms with Gasteiger partial charge in [0.25, 0.3) is 0 Å². The van der Waals surface area contributed by atoms with Crippen molar-refractivity contribution in [3.63, 3.8) is 0 Å². The van der Waals surface area contributed by atoms with E-state index in [1.807, 2.05) is 0 Å². The summed E-state index contributed by atoms with van der Waals surface area (Å²) in [6.07, 6.45) is 0. The lowest BCUT2D eigenvalue weighted by Crippen LogP contribution is -1.95. The molecular weight excluding hydrogens is 460 g/mol. The average Bonchev–Trinajstić information content (AvgIpc) is 3.32. The number of hydrogen-bond donors (Lipinski definition) is 1. The summed E-state index contributed by atoms with van der Waals surface area (Å²) in [5, 5.41) is 6.20. The number of para-hydroxylation sites is 2. The Morgan fingerprint density at radius 2 is 0.947 bits per heavy atom. The summed E-state index contributed by atoms with van der Waals surface area (Å²) in [5.41, 5.74) is 10.5. The number of nitrogens with one attached hydrogen (secondary N) is 1. The van der Waals surface area contributed by atoms with Crippen molar-refractivity contribution >= 4 is 33.2 Å². The number of benzene rings is 6. The summed E-state index contributed by atoms with van der Waals surface area (Å²) < 4.78 is 2.35. The lowest BCUT2D eigenvalue weighted by Gasteiger charge is -2.15. The summed E-state index contributed by atoms with van der Waals surface area (Å²) in [7, 11) is 0. The number of hydrogen-bond acceptors (Lipinski definition) is 1. The minimum absolute atomic E-state index is 1.06. The van der Waals surface area contributed by atoms with Crippen LogP contribution in [0.3, 0.4) is 0 Å². The van der Waals surface area contributed by atoms with Gasteiger partial charge in [-0.2, -0.15) is 0 Å². The fourth-order valence-electron chi connectivity index (χ4n) is 5.42. The van der Waals surface area contributed by atoms with Gasteiger partial charge < -0.3 is 9.88 Å². The lowest BCUT2D eigenvalue weighted by atomic mass is 9.94. The van der Waals surface area contributed by atoms with Crippen molar-refractivity contribution in [1.29, 1.82) is 0 Å². The monoisotopic (exact) mass is 486 g/mol. The fourth-order valence-corrected chi connectivity index (χ4v) is 5.42. The Hall–Kier alpha value is -5.08. The summed E-state index contributed by atoms with van der Waals surface area (Å²) in [5.74, 6) is 0. The molecule has 1 heterocycles. The maximum Gasteiger partial charge on any atom is 0.0561 e. The van der Waals surface area contributed by atoms with E-state index in [1.165, 1.54) is 44.1 Å². The van der Waals surface area contributed by atoms with Gasteiger partial charge in [0, 0.05) is 27.8 Å². The predicted molar refractivity (Wildman–Crippen MR) is 161 cm³/mol. The van der Waals surface area contributed by atoms with Gasteiger partial charge in [0.15, 0.2) is 0 Å². The Morgan fingerprint density at radius 1 is 0.395 bits per heavy atom. The Kier molecular flexibility index (Phi) is 5.49. The second-order valence-electron chi connectivity index (χ2n) is 9.54. The number of aromatic nitrogens is 1. The Bertz CT molecular complexity index is 1870. The van der Waals surface area contributed by atoms with Gasteiger partial charge in [0.2, 0.25) is 0 Å². The van der Waals surface area contributed by atoms with E-state index in [0.29, 0.717) is 0 Å². The van der Waals surface area contributed by atoms with Crippen LogP contribution < -0.4 is 5.32 Å². The zero-order valence-electron chi connectivity index (χ0n) is 20.9. The van der Waals surface area contributed by atoms with E-state index in [-0.39, 0.29) is 0 Å². The number of nitrogens with zero attached hydrogens (tertiary/aromatic N) is 1. The van der Waals surface area contributed by atoms with Crippen molar-refractivity contribution in [2.75, 3.05) is 5.32 Å². The van der Waals surface area contributed by atoms with Gasteiger partial charge in [-0.05, 0) is 64.7 Å². The Balaban J connectivity index is 1.35. The van der Waals surface area contributed by atoms with E-state index in [2.05, 4.69) is 162 Å². The lowest BCUT2D eigenvalue weighted by molar-refractivity contribution is 1.18. The van der Waals surface area contributed by atoms with E-state index in [1.54, 1.807) is 0 Å². The summed E-state index contributed by atoms with van der Waals surface area (Å²) >= 11 is 0. The maximum absolute atomic E-state index is 3.69. The fraction of sp³-hybridized carbons (Fsp3) is 0. The molecule has 0 spiro atoms. The van der Waals surface area contributed by atoms with Crippen LogP contribution in [0.1, 0.15) is 0 Å². The van der Waals surface area contributed by atoms with Crippen molar-refractivity contribution in [3.8, 4) is 27.9 Å². The molecule has 7 rings (SSSR count). The number of anilines is 2. The highest BCUT2D eigenvalue weighted by Crippen LogP contribution is 2.37. The van der Waals surface area contributed by atoms with E-state index in [4.69, 9.17) is 0 Å². The third kappa shape index (κ3) is 3.93. The third-order valence-corrected chi connectivity index (χ3v) is 7.17. The first-order chi connectivity index (χ1) is 18.8. The SMILES string of the molecule is c1ccc(-c2ccc(Nc3ccc4c5ccccc5n(-c5ccccc5)c4c3)cc2-c2ccccc2)cc1. The first kappa shape index (κ1) is 22.1. The summed E-state index contributed by atoms with van der Waals surface area (Å²) in [6, 6.07) is 53.7. The minimum Gasteiger partial charge on any atom is -0.355 e. The molecule has 2 nitrogen and oxygen atoms in total. The maximum atomic E-state index is 3.69. The molecule has 0 bridgehead atoms. The molecule has 0 unspecified atom stereocenters. The molecule has 7 aromatic rings. The van der Waals surface area contributed by atoms with Crippen LogP contribution in [0.5, 0.6) is 0 Å². The van der Waals surface area contributed by atoms with Crippen LogP contribution in [-0.4, -0.2) is 4.57 Å². The molecular formula is C36H26N2. The van der Waals surface area contributed by atoms with Gasteiger partial charge in [0.1, 0.15) is 0 Å². The van der Waals surface area contributed by atoms with Gasteiger partial charge in [-0.25, -0.2) is 0 Å². The molecule has 38 heavy (non-hydrogen) atoms. The van der Waals surface area contributed by atoms with Crippen molar-refractivity contribution in [3.05, 3.63) is 152 Å². The predicted octanol–water partition coefficient (Wildman–Crippen LogP) is 9.86. The second kappa shape index (κ2) is 9.42. The molecule has 0 saturated carbocycles. The topological polar surface area (TPSA) is 17.0 Å². The first-order valence-corrected chi connectivity index (χ1v) is 13.0. The normalized spacial score (nSPS) is 11.2. The first-order valence-electron chi connectivity index (χ1n) is 13.0. The van der Waals surface area contributed by atoms with Gasteiger partial charge in [-0.15, -0.1) is 0 Å². The zero-order chi connectivity index (χ0) is 25.3. The highest BCUT2D eigenvalue weighted by atomic mass is 15.0. The smallest absolute Gasteiger partial charge is 0.0561 e. The van der Waals surface area contributed by atoms with E-state index in [0.717, 1.165) is 17.1 Å². The minimum atomic E-state index is 1.06. The summed E-state index contributed by atoms with van der Waals surface area (Å²) in [6.45, 7) is 0. The molecule has 0 aliphatic carbocycles. The van der Waals surface area contributed by atoms with Crippen molar-refractivity contribution in [2.24, 2.45) is 0 Å². The Morgan fingerprint density at radius 3 is 1.68 bits per heavy atom. The van der Waals surface area contributed by atoms with Crippen molar-refractivity contribution < 1.29 is 0 Å². The number of rotatable bonds is 5. The molecule has 0 fully saturated rings. The molecule has 1 aromatic heterocycles. The molecule has 0 radical (unpaired) electrons. The van der Waals surface area contributed by atoms with Crippen LogP contribution in [0.2, 0.25) is 0 Å². The molecule has 0 amide bonds. The standard InChI is InChI=1S/C36H26N2/c1-4-12-26(13-5-1)31-22-20-28(24-34(31)27-14-6-2-7-15-27)37-29-21-23-33-32-18-10-11-19-35(32)38(36(33)25-29)30-16-8-3-9-17-30/h1-25,37H. The molecule has 180 valence electrons. The van der Waals surface area contributed by atoms with Crippen LogP contribution in [0.15, 0.2) is 152 Å². The molecule has 0 saturated heterocycles. The van der Waals surface area contributed by atoms with Gasteiger partial charge in [-0.1, -0.05) is 109 Å². The van der Waals surface area contributed by atoms with E-state index >= 15 is 0 Å². The van der Waals surface area contributed by atoms with Gasteiger partial charge in [-0.3, -0.25) is 0 Å². The number of fused-ring (bicyclic) bond motifs is 3. The van der Waals surface area contributed by atoms with Crippen LogP contribution in [0.4, 0.5) is 11.4 Å². The van der Waals surface area contributed by atoms with Crippen LogP contribution >= 0.6 is 0 Å². The van der Waals surface area contributed by atoms with Crippen LogP contribution in [0, 0.1) is 0 Å². The van der Waals surface area contributed by atoms with Crippen LogP contribution in [-0.2, 0) is 0 Å². The van der Waals surface area contributed by atoms with Gasteiger partial charge in [0.05, 0.1) is 11.0 Å². The molecule has 0 atom stereocenters. The zero-order valence-corrected chi connectivity index (χ0v) is 20.9. The molecule has 0 aliphatic heterocycles. The third-order valence-electron chi connectivity index (χ3n) is 7.17. The van der Waals surface area contributed by atoms with E-state index < -0.39 is 0 Å². The van der Waals surface area contributed by atoms with Crippen molar-refractivity contribution in [2.45, 2.75) is 0 Å². The quantitative estimate of drug-likeness (QED) is 0.256. The van der Waals surface area contributed by atoms with Crippen LogP contribution in [0.25, 0.3) is 49.7 Å². The Labute approximate surface area is 222 Å². The average molecular weight is 487 g/mol. The highest BCUT2D eigenvalue weighted by molar-refractivity contribution is 6.10. The highest BCUT2D eigenvalue weighted by Gasteiger charge is 2.13. The molecule has 0 aliphatic rings.